The van der Waals surface area contributed by atoms with Crippen LogP contribution in [0.15, 0.2) is 17.0 Å². The van der Waals surface area contributed by atoms with Crippen LogP contribution >= 0.6 is 11.6 Å². The lowest BCUT2D eigenvalue weighted by Gasteiger charge is -2.27. The molecule has 2 N–H and O–H groups in total. The number of benzene rings is 1. The first-order chi connectivity index (χ1) is 9.25. The first-order valence-corrected chi connectivity index (χ1v) is 8.13. The minimum absolute atomic E-state index is 0.146. The Morgan fingerprint density at radius 2 is 2.05 bits per heavy atom. The molecule has 1 aromatic carbocycles. The highest BCUT2D eigenvalue weighted by molar-refractivity contribution is 7.89. The van der Waals surface area contributed by atoms with Gasteiger partial charge in [0.2, 0.25) is 10.0 Å². The van der Waals surface area contributed by atoms with Gasteiger partial charge in [-0.05, 0) is 31.5 Å². The summed E-state index contributed by atoms with van der Waals surface area (Å²) in [4.78, 5) is 0.146. The lowest BCUT2D eigenvalue weighted by atomic mass is 10.2. The van der Waals surface area contributed by atoms with E-state index in [-0.39, 0.29) is 10.9 Å². The Bertz CT molecular complexity index is 575. The Hall–Kier alpha value is -0.820. The summed E-state index contributed by atoms with van der Waals surface area (Å²) < 4.78 is 31.9. The third-order valence-corrected chi connectivity index (χ3v) is 5.60. The first kappa shape index (κ1) is 17.2. The van der Waals surface area contributed by atoms with Crippen LogP contribution in [0.4, 0.5) is 5.69 Å². The van der Waals surface area contributed by atoms with E-state index in [4.69, 9.17) is 22.1 Å². The molecule has 0 aliphatic carbocycles. The molecular formula is C13H21ClN2O3S. The van der Waals surface area contributed by atoms with Crippen LogP contribution in [-0.4, -0.2) is 39.0 Å². The predicted octanol–water partition coefficient (Wildman–Crippen LogP) is 2.28. The highest BCUT2D eigenvalue weighted by Gasteiger charge is 2.29. The second-order valence-electron chi connectivity index (χ2n) is 4.63. The zero-order valence-electron chi connectivity index (χ0n) is 12.2. The van der Waals surface area contributed by atoms with E-state index in [0.29, 0.717) is 29.4 Å². The topological polar surface area (TPSA) is 72.6 Å². The number of sulfonamides is 1. The van der Waals surface area contributed by atoms with Gasteiger partial charge in [-0.1, -0.05) is 18.5 Å². The van der Waals surface area contributed by atoms with Crippen molar-refractivity contribution in [2.24, 2.45) is 0 Å². The maximum absolute atomic E-state index is 12.8. The number of methoxy groups -OCH3 is 1. The molecule has 114 valence electrons. The molecule has 0 bridgehead atoms. The number of ether oxygens (including phenoxy) is 1. The Kier molecular flexibility index (Phi) is 5.82. The van der Waals surface area contributed by atoms with Crippen LogP contribution in [0.2, 0.25) is 5.02 Å². The van der Waals surface area contributed by atoms with Crippen LogP contribution in [-0.2, 0) is 14.8 Å². The van der Waals surface area contributed by atoms with Crippen LogP contribution < -0.4 is 5.73 Å². The molecule has 0 fully saturated rings. The van der Waals surface area contributed by atoms with Gasteiger partial charge < -0.3 is 10.5 Å². The number of anilines is 1. The SMILES string of the molecule is CCN(C(C)COC)S(=O)(=O)c1cc(Cl)cc(N)c1C. The van der Waals surface area contributed by atoms with E-state index >= 15 is 0 Å². The van der Waals surface area contributed by atoms with Crippen LogP contribution in [0.1, 0.15) is 19.4 Å². The van der Waals surface area contributed by atoms with Crippen molar-refractivity contribution in [1.29, 1.82) is 0 Å². The Balaban J connectivity index is 3.35. The Morgan fingerprint density at radius 3 is 2.55 bits per heavy atom. The van der Waals surface area contributed by atoms with E-state index in [1.807, 2.05) is 0 Å². The monoisotopic (exact) mass is 320 g/mol. The number of nitrogen functional groups attached to an aromatic ring is 1. The van der Waals surface area contributed by atoms with Gasteiger partial charge in [0.25, 0.3) is 0 Å². The predicted molar refractivity (Wildman–Crippen MR) is 81.5 cm³/mol. The molecule has 1 rings (SSSR count). The number of hydrogen-bond acceptors (Lipinski definition) is 4. The Morgan fingerprint density at radius 1 is 1.45 bits per heavy atom. The molecule has 1 unspecified atom stereocenters. The van der Waals surface area contributed by atoms with Crippen molar-refractivity contribution in [2.45, 2.75) is 31.7 Å². The normalized spacial score (nSPS) is 13.7. The maximum atomic E-state index is 12.8. The average molecular weight is 321 g/mol. The van der Waals surface area contributed by atoms with Gasteiger partial charge in [-0.25, -0.2) is 8.42 Å². The zero-order chi connectivity index (χ0) is 15.5. The van der Waals surface area contributed by atoms with Gasteiger partial charge in [-0.3, -0.25) is 0 Å². The van der Waals surface area contributed by atoms with Crippen molar-refractivity contribution in [3.63, 3.8) is 0 Å². The van der Waals surface area contributed by atoms with Gasteiger partial charge in [-0.2, -0.15) is 4.31 Å². The van der Waals surface area contributed by atoms with Crippen molar-refractivity contribution in [2.75, 3.05) is 26.0 Å². The van der Waals surface area contributed by atoms with E-state index in [9.17, 15) is 8.42 Å². The third-order valence-electron chi connectivity index (χ3n) is 3.16. The lowest BCUT2D eigenvalue weighted by Crippen LogP contribution is -2.41. The molecule has 0 saturated heterocycles. The summed E-state index contributed by atoms with van der Waals surface area (Å²) in [6, 6.07) is 2.71. The smallest absolute Gasteiger partial charge is 0.243 e. The molecule has 0 saturated carbocycles. The molecule has 0 heterocycles. The van der Waals surface area contributed by atoms with E-state index in [0.717, 1.165) is 0 Å². The van der Waals surface area contributed by atoms with Gasteiger partial charge in [0, 0.05) is 30.4 Å². The van der Waals surface area contributed by atoms with E-state index in [1.165, 1.54) is 10.4 Å². The van der Waals surface area contributed by atoms with E-state index in [1.54, 1.807) is 33.9 Å². The summed E-state index contributed by atoms with van der Waals surface area (Å²) in [5.74, 6) is 0. The lowest BCUT2D eigenvalue weighted by molar-refractivity contribution is 0.142. The number of hydrogen-bond donors (Lipinski definition) is 1. The molecule has 1 atom stereocenters. The summed E-state index contributed by atoms with van der Waals surface area (Å²) in [5, 5.41) is 0.308. The molecule has 0 amide bonds. The van der Waals surface area contributed by atoms with Crippen molar-refractivity contribution in [3.05, 3.63) is 22.7 Å². The molecule has 5 nitrogen and oxygen atoms in total. The highest BCUT2D eigenvalue weighted by atomic mass is 35.5. The molecule has 0 aliphatic heterocycles. The highest BCUT2D eigenvalue weighted by Crippen LogP contribution is 2.29. The second kappa shape index (κ2) is 6.76. The molecule has 7 heteroatoms. The van der Waals surface area contributed by atoms with Crippen molar-refractivity contribution < 1.29 is 13.2 Å². The minimum Gasteiger partial charge on any atom is -0.398 e. The third kappa shape index (κ3) is 3.44. The van der Waals surface area contributed by atoms with Gasteiger partial charge in [0.1, 0.15) is 0 Å². The first-order valence-electron chi connectivity index (χ1n) is 6.32. The largest absolute Gasteiger partial charge is 0.398 e. The van der Waals surface area contributed by atoms with E-state index in [2.05, 4.69) is 0 Å². The molecule has 20 heavy (non-hydrogen) atoms. The summed E-state index contributed by atoms with van der Waals surface area (Å²) >= 11 is 5.93. The Labute approximate surface area is 125 Å². The number of halogens is 1. The fourth-order valence-electron chi connectivity index (χ4n) is 2.11. The molecular weight excluding hydrogens is 300 g/mol. The van der Waals surface area contributed by atoms with Crippen LogP contribution in [0.3, 0.4) is 0 Å². The summed E-state index contributed by atoms with van der Waals surface area (Å²) in [6.45, 7) is 5.93. The van der Waals surface area contributed by atoms with E-state index < -0.39 is 10.0 Å². The van der Waals surface area contributed by atoms with Crippen LogP contribution in [0.5, 0.6) is 0 Å². The summed E-state index contributed by atoms with van der Waals surface area (Å²) in [7, 11) is -2.12. The molecule has 0 aromatic heterocycles. The number of rotatable bonds is 6. The average Bonchev–Trinajstić information content (AvgIpc) is 2.34. The quantitative estimate of drug-likeness (QED) is 0.816. The maximum Gasteiger partial charge on any atom is 0.243 e. The number of nitrogens with zero attached hydrogens (tertiary/aromatic N) is 1. The van der Waals surface area contributed by atoms with Crippen LogP contribution in [0, 0.1) is 6.92 Å². The second-order valence-corrected chi connectivity index (χ2v) is 6.93. The fraction of sp³-hybridized carbons (Fsp3) is 0.538. The van der Waals surface area contributed by atoms with Gasteiger partial charge in [0.05, 0.1) is 11.5 Å². The van der Waals surface area contributed by atoms with Crippen molar-refractivity contribution in [3.8, 4) is 0 Å². The van der Waals surface area contributed by atoms with Crippen LogP contribution in [0.25, 0.3) is 0 Å². The fourth-order valence-corrected chi connectivity index (χ4v) is 4.31. The summed E-state index contributed by atoms with van der Waals surface area (Å²) in [5.41, 5.74) is 6.68. The number of likely N-dealkylation sites (N-methyl/N-ethyl adjacent to an activating group) is 1. The molecule has 1 aromatic rings. The van der Waals surface area contributed by atoms with Gasteiger partial charge in [0.15, 0.2) is 0 Å². The molecule has 0 spiro atoms. The molecule has 0 aliphatic rings. The zero-order valence-corrected chi connectivity index (χ0v) is 13.8. The standard InChI is InChI=1S/C13H21ClN2O3S/c1-5-16(9(2)8-19-4)20(17,18)13-7-11(14)6-12(15)10(13)3/h6-7,9H,5,8,15H2,1-4H3. The van der Waals surface area contributed by atoms with Gasteiger partial charge >= 0.3 is 0 Å². The van der Waals surface area contributed by atoms with Crippen molar-refractivity contribution in [1.82, 2.24) is 4.31 Å². The number of nitrogens with two attached hydrogens (primary N) is 1. The molecule has 0 radical (unpaired) electrons. The van der Waals surface area contributed by atoms with Crippen molar-refractivity contribution >= 4 is 27.3 Å². The van der Waals surface area contributed by atoms with Gasteiger partial charge in [-0.15, -0.1) is 0 Å². The summed E-state index contributed by atoms with van der Waals surface area (Å²) in [6.07, 6.45) is 0. The minimum atomic E-state index is -3.66.